The monoisotopic (exact) mass is 312 g/mol. The maximum atomic E-state index is 5.96. The Kier molecular flexibility index (Phi) is 4.10. The van der Waals surface area contributed by atoms with E-state index in [0.29, 0.717) is 17.6 Å². The zero-order chi connectivity index (χ0) is 12.3. The molecule has 88 valence electrons. The average molecular weight is 314 g/mol. The number of hydrogen-bond donors (Lipinski definition) is 0. The Balaban J connectivity index is 2.44. The summed E-state index contributed by atoms with van der Waals surface area (Å²) in [6.45, 7) is 0.349. The minimum absolute atomic E-state index is 0.349. The Morgan fingerprint density at radius 1 is 1.29 bits per heavy atom. The van der Waals surface area contributed by atoms with Crippen LogP contribution in [0.25, 0.3) is 11.3 Å². The molecule has 17 heavy (non-hydrogen) atoms. The summed E-state index contributed by atoms with van der Waals surface area (Å²) in [5.74, 6) is 0.579. The fourth-order valence-electron chi connectivity index (χ4n) is 1.45. The highest BCUT2D eigenvalue weighted by Crippen LogP contribution is 2.23. The van der Waals surface area contributed by atoms with E-state index in [1.165, 1.54) is 0 Å². The van der Waals surface area contributed by atoms with E-state index in [9.17, 15) is 0 Å². The summed E-state index contributed by atoms with van der Waals surface area (Å²) in [7, 11) is 1.60. The summed E-state index contributed by atoms with van der Waals surface area (Å²) in [6, 6.07) is 9.60. The first-order chi connectivity index (χ1) is 8.19. The summed E-state index contributed by atoms with van der Waals surface area (Å²) in [4.78, 5) is 8.48. The van der Waals surface area contributed by atoms with Crippen LogP contribution < -0.4 is 0 Å². The molecule has 0 N–H and O–H groups in total. The van der Waals surface area contributed by atoms with Crippen molar-refractivity contribution in [2.75, 3.05) is 7.11 Å². The minimum Gasteiger partial charge on any atom is -0.377 e. The molecule has 2 aromatic rings. The van der Waals surface area contributed by atoms with Gasteiger partial charge in [0.25, 0.3) is 0 Å². The Labute approximate surface area is 113 Å². The topological polar surface area (TPSA) is 35.0 Å². The molecule has 0 atom stereocenters. The fourth-order valence-corrected chi connectivity index (χ4v) is 2.05. The van der Waals surface area contributed by atoms with Crippen molar-refractivity contribution in [3.05, 3.63) is 45.8 Å². The predicted octanol–water partition coefficient (Wildman–Crippen LogP) is 3.71. The van der Waals surface area contributed by atoms with E-state index in [1.54, 1.807) is 13.2 Å². The summed E-state index contributed by atoms with van der Waals surface area (Å²) in [6.07, 6.45) is 0. The number of ether oxygens (including phenoxy) is 1. The van der Waals surface area contributed by atoms with Crippen LogP contribution in [-0.2, 0) is 11.3 Å². The lowest BCUT2D eigenvalue weighted by atomic mass is 10.1. The lowest BCUT2D eigenvalue weighted by molar-refractivity contribution is 0.178. The molecular weight excluding hydrogens is 304 g/mol. The van der Waals surface area contributed by atoms with Crippen LogP contribution in [0.4, 0.5) is 0 Å². The van der Waals surface area contributed by atoms with Crippen LogP contribution in [0.1, 0.15) is 5.82 Å². The normalized spacial score (nSPS) is 10.5. The molecule has 0 radical (unpaired) electrons. The second-order valence-corrected chi connectivity index (χ2v) is 4.74. The van der Waals surface area contributed by atoms with Crippen LogP contribution in [0.15, 0.2) is 34.8 Å². The van der Waals surface area contributed by atoms with Crippen molar-refractivity contribution in [3.8, 4) is 11.3 Å². The first-order valence-electron chi connectivity index (χ1n) is 4.97. The first-order valence-corrected chi connectivity index (χ1v) is 6.14. The lowest BCUT2D eigenvalue weighted by Crippen LogP contribution is -1.98. The van der Waals surface area contributed by atoms with Crippen LogP contribution in [-0.4, -0.2) is 17.1 Å². The van der Waals surface area contributed by atoms with Gasteiger partial charge < -0.3 is 4.74 Å². The smallest absolute Gasteiger partial charge is 0.156 e. The van der Waals surface area contributed by atoms with Gasteiger partial charge >= 0.3 is 0 Å². The Morgan fingerprint density at radius 2 is 2.12 bits per heavy atom. The molecule has 1 aromatic carbocycles. The van der Waals surface area contributed by atoms with E-state index >= 15 is 0 Å². The van der Waals surface area contributed by atoms with E-state index in [1.807, 2.05) is 24.3 Å². The predicted molar refractivity (Wildman–Crippen MR) is 70.9 cm³/mol. The third kappa shape index (κ3) is 3.25. The van der Waals surface area contributed by atoms with Crippen molar-refractivity contribution in [2.45, 2.75) is 6.61 Å². The van der Waals surface area contributed by atoms with Gasteiger partial charge in [0.2, 0.25) is 0 Å². The molecule has 1 aromatic heterocycles. The van der Waals surface area contributed by atoms with Gasteiger partial charge in [-0.3, -0.25) is 0 Å². The van der Waals surface area contributed by atoms with Gasteiger partial charge in [0.1, 0.15) is 11.8 Å². The zero-order valence-corrected chi connectivity index (χ0v) is 11.5. The Morgan fingerprint density at radius 3 is 2.82 bits per heavy atom. The van der Waals surface area contributed by atoms with E-state index < -0.39 is 0 Å². The van der Waals surface area contributed by atoms with Crippen molar-refractivity contribution in [1.82, 2.24) is 9.97 Å². The molecular formula is C12H10BrClN2O. The molecule has 0 saturated carbocycles. The maximum absolute atomic E-state index is 5.96. The summed E-state index contributed by atoms with van der Waals surface area (Å²) in [5, 5.41) is 0.419. The summed E-state index contributed by atoms with van der Waals surface area (Å²) in [5.41, 5.74) is 1.78. The van der Waals surface area contributed by atoms with Gasteiger partial charge in [-0.1, -0.05) is 39.7 Å². The minimum atomic E-state index is 0.349. The van der Waals surface area contributed by atoms with Gasteiger partial charge in [0.05, 0.1) is 5.69 Å². The van der Waals surface area contributed by atoms with E-state index in [0.717, 1.165) is 15.7 Å². The SMILES string of the molecule is COCc1nc(Cl)cc(-c2cccc(Br)c2)n1. The third-order valence-corrected chi connectivity index (χ3v) is 2.82. The van der Waals surface area contributed by atoms with Gasteiger partial charge in [0, 0.05) is 23.2 Å². The zero-order valence-electron chi connectivity index (χ0n) is 9.15. The van der Waals surface area contributed by atoms with Crippen LogP contribution in [0, 0.1) is 0 Å². The fraction of sp³-hybridized carbons (Fsp3) is 0.167. The number of benzene rings is 1. The molecule has 0 amide bonds. The van der Waals surface area contributed by atoms with E-state index in [2.05, 4.69) is 25.9 Å². The van der Waals surface area contributed by atoms with Crippen LogP contribution in [0.3, 0.4) is 0 Å². The van der Waals surface area contributed by atoms with Crippen molar-refractivity contribution in [2.24, 2.45) is 0 Å². The summed E-state index contributed by atoms with van der Waals surface area (Å²) >= 11 is 9.38. The van der Waals surface area contributed by atoms with Crippen molar-refractivity contribution in [1.29, 1.82) is 0 Å². The standard InChI is InChI=1S/C12H10BrClN2O/c1-17-7-12-15-10(6-11(14)16-12)8-3-2-4-9(13)5-8/h2-6H,7H2,1H3. The molecule has 0 unspecified atom stereocenters. The first kappa shape index (κ1) is 12.5. The third-order valence-electron chi connectivity index (χ3n) is 2.14. The number of rotatable bonds is 3. The Bertz CT molecular complexity index is 534. The average Bonchev–Trinajstić information content (AvgIpc) is 2.28. The highest BCUT2D eigenvalue weighted by molar-refractivity contribution is 9.10. The van der Waals surface area contributed by atoms with Crippen molar-refractivity contribution in [3.63, 3.8) is 0 Å². The van der Waals surface area contributed by atoms with Gasteiger partial charge in [-0.05, 0) is 12.1 Å². The number of methoxy groups -OCH3 is 1. The quantitative estimate of drug-likeness (QED) is 0.810. The highest BCUT2D eigenvalue weighted by Gasteiger charge is 2.05. The van der Waals surface area contributed by atoms with Crippen LogP contribution in [0.2, 0.25) is 5.15 Å². The largest absolute Gasteiger partial charge is 0.377 e. The second kappa shape index (κ2) is 5.58. The number of aromatic nitrogens is 2. The summed E-state index contributed by atoms with van der Waals surface area (Å²) < 4.78 is 6.00. The molecule has 5 heteroatoms. The van der Waals surface area contributed by atoms with Gasteiger partial charge in [-0.2, -0.15) is 0 Å². The molecule has 2 rings (SSSR count). The molecule has 0 fully saturated rings. The lowest BCUT2D eigenvalue weighted by Gasteiger charge is -2.05. The van der Waals surface area contributed by atoms with Crippen LogP contribution in [0.5, 0.6) is 0 Å². The van der Waals surface area contributed by atoms with Crippen molar-refractivity contribution < 1.29 is 4.74 Å². The van der Waals surface area contributed by atoms with Crippen LogP contribution >= 0.6 is 27.5 Å². The van der Waals surface area contributed by atoms with E-state index in [-0.39, 0.29) is 0 Å². The second-order valence-electron chi connectivity index (χ2n) is 3.44. The van der Waals surface area contributed by atoms with Crippen molar-refractivity contribution >= 4 is 27.5 Å². The van der Waals surface area contributed by atoms with E-state index in [4.69, 9.17) is 16.3 Å². The molecule has 0 saturated heterocycles. The van der Waals surface area contributed by atoms with Gasteiger partial charge in [-0.25, -0.2) is 9.97 Å². The number of hydrogen-bond acceptors (Lipinski definition) is 3. The highest BCUT2D eigenvalue weighted by atomic mass is 79.9. The molecule has 0 spiro atoms. The molecule has 0 aliphatic rings. The Hall–Kier alpha value is -0.970. The van der Waals surface area contributed by atoms with Gasteiger partial charge in [0.15, 0.2) is 5.82 Å². The molecule has 3 nitrogen and oxygen atoms in total. The van der Waals surface area contributed by atoms with Gasteiger partial charge in [-0.15, -0.1) is 0 Å². The number of halogens is 2. The molecule has 0 bridgehead atoms. The molecule has 1 heterocycles. The molecule has 0 aliphatic heterocycles. The maximum Gasteiger partial charge on any atom is 0.156 e. The number of nitrogens with zero attached hydrogens (tertiary/aromatic N) is 2. The molecule has 0 aliphatic carbocycles.